The lowest BCUT2D eigenvalue weighted by Gasteiger charge is -2.19. The van der Waals surface area contributed by atoms with Gasteiger partial charge in [-0.2, -0.15) is 16.7 Å². The molecule has 2 N–H and O–H groups in total. The largest absolute Gasteiger partial charge is 0.493 e. The second kappa shape index (κ2) is 4.49. The van der Waals surface area contributed by atoms with E-state index in [9.17, 15) is 9.90 Å². The van der Waals surface area contributed by atoms with Crippen LogP contribution in [0.15, 0.2) is 4.79 Å². The summed E-state index contributed by atoms with van der Waals surface area (Å²) in [5, 5.41) is 9.66. The molecule has 1 aliphatic rings. The minimum Gasteiger partial charge on any atom is -0.493 e. The van der Waals surface area contributed by atoms with Crippen molar-refractivity contribution in [2.75, 3.05) is 17.3 Å². The number of nitrogens with zero attached hydrogens (tertiary/aromatic N) is 1. The Morgan fingerprint density at radius 3 is 2.93 bits per heavy atom. The zero-order chi connectivity index (χ0) is 10.8. The molecular formula is C9H12N2O2S2. The van der Waals surface area contributed by atoms with Gasteiger partial charge in [0.05, 0.1) is 10.8 Å². The maximum Gasteiger partial charge on any atom is 0.257 e. The molecule has 1 aliphatic heterocycles. The highest BCUT2D eigenvalue weighted by Crippen LogP contribution is 2.35. The Labute approximate surface area is 95.9 Å². The normalized spacial score (nSPS) is 21.5. The Kier molecular flexibility index (Phi) is 3.25. The van der Waals surface area contributed by atoms with Crippen LogP contribution in [0.3, 0.4) is 0 Å². The monoisotopic (exact) mass is 244 g/mol. The lowest BCUT2D eigenvalue weighted by molar-refractivity contribution is 0.443. The van der Waals surface area contributed by atoms with Crippen LogP contribution in [0.1, 0.15) is 16.6 Å². The molecule has 6 heteroatoms. The van der Waals surface area contributed by atoms with Gasteiger partial charge in [-0.1, -0.05) is 0 Å². The SMILES string of the molecule is Cc1c(O)nc(C2CSCCS2)[nH]c1=O. The maximum atomic E-state index is 11.4. The van der Waals surface area contributed by atoms with Gasteiger partial charge in [0.15, 0.2) is 0 Å². The smallest absolute Gasteiger partial charge is 0.257 e. The molecule has 0 aliphatic carbocycles. The van der Waals surface area contributed by atoms with Crippen molar-refractivity contribution in [2.45, 2.75) is 12.2 Å². The molecule has 2 rings (SSSR count). The van der Waals surface area contributed by atoms with E-state index in [2.05, 4.69) is 9.97 Å². The fraction of sp³-hybridized carbons (Fsp3) is 0.556. The van der Waals surface area contributed by atoms with Crippen molar-refractivity contribution in [3.8, 4) is 5.88 Å². The molecule has 0 radical (unpaired) electrons. The summed E-state index contributed by atoms with van der Waals surface area (Å²) >= 11 is 3.62. The third-order valence-electron chi connectivity index (χ3n) is 2.26. The zero-order valence-corrected chi connectivity index (χ0v) is 9.95. The quantitative estimate of drug-likeness (QED) is 0.779. The van der Waals surface area contributed by atoms with E-state index in [-0.39, 0.29) is 22.3 Å². The second-order valence-corrected chi connectivity index (χ2v) is 5.79. The zero-order valence-electron chi connectivity index (χ0n) is 8.32. The van der Waals surface area contributed by atoms with Gasteiger partial charge in [0, 0.05) is 17.3 Å². The fourth-order valence-corrected chi connectivity index (χ4v) is 3.96. The number of H-pyrrole nitrogens is 1. The van der Waals surface area contributed by atoms with Gasteiger partial charge in [-0.05, 0) is 6.92 Å². The van der Waals surface area contributed by atoms with Crippen molar-refractivity contribution in [3.05, 3.63) is 21.7 Å². The first kappa shape index (κ1) is 10.9. The highest BCUT2D eigenvalue weighted by Gasteiger charge is 2.20. The molecule has 0 saturated carbocycles. The molecular weight excluding hydrogens is 232 g/mol. The summed E-state index contributed by atoms with van der Waals surface area (Å²) in [6.07, 6.45) is 0. The first-order valence-electron chi connectivity index (χ1n) is 4.67. The predicted molar refractivity (Wildman–Crippen MR) is 63.8 cm³/mol. The second-order valence-electron chi connectivity index (χ2n) is 3.33. The molecule has 1 atom stereocenters. The molecule has 0 aromatic carbocycles. The van der Waals surface area contributed by atoms with E-state index in [1.807, 2.05) is 11.8 Å². The molecule has 15 heavy (non-hydrogen) atoms. The van der Waals surface area contributed by atoms with Gasteiger partial charge in [-0.3, -0.25) is 4.79 Å². The average molecular weight is 244 g/mol. The van der Waals surface area contributed by atoms with Crippen molar-refractivity contribution < 1.29 is 5.11 Å². The van der Waals surface area contributed by atoms with Crippen LogP contribution in [0.4, 0.5) is 0 Å². The first-order chi connectivity index (χ1) is 7.18. The first-order valence-corrected chi connectivity index (χ1v) is 6.88. The Hall–Kier alpha value is -0.620. The summed E-state index contributed by atoms with van der Waals surface area (Å²) in [5.41, 5.74) is 0.0425. The summed E-state index contributed by atoms with van der Waals surface area (Å²) in [5.74, 6) is 3.60. The van der Waals surface area contributed by atoms with Crippen LogP contribution in [0.5, 0.6) is 5.88 Å². The third kappa shape index (κ3) is 2.31. The van der Waals surface area contributed by atoms with E-state index in [0.29, 0.717) is 5.82 Å². The maximum absolute atomic E-state index is 11.4. The van der Waals surface area contributed by atoms with E-state index < -0.39 is 0 Å². The van der Waals surface area contributed by atoms with Gasteiger partial charge in [0.2, 0.25) is 5.88 Å². The van der Waals surface area contributed by atoms with Gasteiger partial charge in [-0.15, -0.1) is 11.8 Å². The number of hydrogen-bond donors (Lipinski definition) is 2. The van der Waals surface area contributed by atoms with Crippen LogP contribution >= 0.6 is 23.5 Å². The number of aromatic hydroxyl groups is 1. The van der Waals surface area contributed by atoms with Crippen molar-refractivity contribution in [3.63, 3.8) is 0 Å². The summed E-state index contributed by atoms with van der Waals surface area (Å²) in [7, 11) is 0. The van der Waals surface area contributed by atoms with Gasteiger partial charge >= 0.3 is 0 Å². The van der Waals surface area contributed by atoms with Crippen LogP contribution in [-0.2, 0) is 0 Å². The molecule has 1 unspecified atom stereocenters. The van der Waals surface area contributed by atoms with Crippen LogP contribution in [0, 0.1) is 6.92 Å². The average Bonchev–Trinajstić information content (AvgIpc) is 2.26. The molecule has 1 saturated heterocycles. The lowest BCUT2D eigenvalue weighted by Crippen LogP contribution is -2.18. The molecule has 4 nitrogen and oxygen atoms in total. The Balaban J connectivity index is 2.32. The minimum absolute atomic E-state index is 0.148. The van der Waals surface area contributed by atoms with Gasteiger partial charge in [0.25, 0.3) is 5.56 Å². The number of aromatic nitrogens is 2. The summed E-state index contributed by atoms with van der Waals surface area (Å²) < 4.78 is 0. The number of rotatable bonds is 1. The van der Waals surface area contributed by atoms with Gasteiger partial charge in [-0.25, -0.2) is 0 Å². The number of thioether (sulfide) groups is 2. The number of nitrogens with one attached hydrogen (secondary N) is 1. The Bertz CT molecular complexity index is 413. The molecule has 1 fully saturated rings. The van der Waals surface area contributed by atoms with E-state index in [1.54, 1.807) is 18.7 Å². The Morgan fingerprint density at radius 1 is 1.53 bits per heavy atom. The van der Waals surface area contributed by atoms with E-state index in [0.717, 1.165) is 17.3 Å². The van der Waals surface area contributed by atoms with E-state index >= 15 is 0 Å². The summed E-state index contributed by atoms with van der Waals surface area (Å²) in [6, 6.07) is 0. The van der Waals surface area contributed by atoms with Gasteiger partial charge < -0.3 is 10.1 Å². The summed E-state index contributed by atoms with van der Waals surface area (Å²) in [4.78, 5) is 18.2. The lowest BCUT2D eigenvalue weighted by atomic mass is 10.3. The van der Waals surface area contributed by atoms with Crippen LogP contribution in [0.25, 0.3) is 0 Å². The van der Waals surface area contributed by atoms with Crippen LogP contribution < -0.4 is 5.56 Å². The molecule has 1 aromatic rings. The van der Waals surface area contributed by atoms with E-state index in [4.69, 9.17) is 0 Å². The molecule has 2 heterocycles. The molecule has 82 valence electrons. The standard InChI is InChI=1S/C9H12N2O2S2/c1-5-8(12)10-7(11-9(5)13)6-4-14-2-3-15-6/h6H,2-4H2,1H3,(H2,10,11,12,13). The number of aromatic amines is 1. The van der Waals surface area contributed by atoms with Crippen molar-refractivity contribution in [1.29, 1.82) is 0 Å². The topological polar surface area (TPSA) is 66.0 Å². The van der Waals surface area contributed by atoms with Gasteiger partial charge in [0.1, 0.15) is 5.82 Å². The fourth-order valence-electron chi connectivity index (χ4n) is 1.34. The minimum atomic E-state index is -0.242. The van der Waals surface area contributed by atoms with Crippen molar-refractivity contribution >= 4 is 23.5 Å². The molecule has 1 aromatic heterocycles. The van der Waals surface area contributed by atoms with Crippen molar-refractivity contribution in [2.24, 2.45) is 0 Å². The van der Waals surface area contributed by atoms with E-state index in [1.165, 1.54) is 0 Å². The third-order valence-corrected chi connectivity index (χ3v) is 5.03. The van der Waals surface area contributed by atoms with Crippen LogP contribution in [-0.4, -0.2) is 32.3 Å². The molecule has 0 spiro atoms. The van der Waals surface area contributed by atoms with Crippen molar-refractivity contribution in [1.82, 2.24) is 9.97 Å². The molecule has 0 bridgehead atoms. The number of hydrogen-bond acceptors (Lipinski definition) is 5. The van der Waals surface area contributed by atoms with Crippen LogP contribution in [0.2, 0.25) is 0 Å². The predicted octanol–water partition coefficient (Wildman–Crippen LogP) is 1.31. The molecule has 0 amide bonds. The highest BCUT2D eigenvalue weighted by atomic mass is 32.2. The Morgan fingerprint density at radius 2 is 2.33 bits per heavy atom. The summed E-state index contributed by atoms with van der Waals surface area (Å²) in [6.45, 7) is 1.56. The highest BCUT2D eigenvalue weighted by molar-refractivity contribution is 8.06.